The monoisotopic (exact) mass is 360 g/mol. The van der Waals surface area contributed by atoms with Crippen molar-refractivity contribution in [3.8, 4) is 0 Å². The second-order valence-electron chi connectivity index (χ2n) is 3.79. The van der Waals surface area contributed by atoms with Gasteiger partial charge in [-0.05, 0) is 34.1 Å². The SMILES string of the molecule is O=C(O)CCc1csc(Nc2ccc(Cl)cc2Br)n1. The maximum Gasteiger partial charge on any atom is 0.303 e. The van der Waals surface area contributed by atoms with Crippen LogP contribution in [0, 0.1) is 0 Å². The number of carbonyl (C=O) groups is 1. The Hall–Kier alpha value is -1.11. The molecule has 1 aromatic carbocycles. The minimum Gasteiger partial charge on any atom is -0.481 e. The molecule has 4 nitrogen and oxygen atoms in total. The van der Waals surface area contributed by atoms with Crippen molar-refractivity contribution < 1.29 is 9.90 Å². The molecule has 0 amide bonds. The Bertz CT molecular complexity index is 603. The van der Waals surface area contributed by atoms with Gasteiger partial charge in [-0.2, -0.15) is 0 Å². The topological polar surface area (TPSA) is 62.2 Å². The smallest absolute Gasteiger partial charge is 0.303 e. The van der Waals surface area contributed by atoms with E-state index in [1.165, 1.54) is 11.3 Å². The van der Waals surface area contributed by atoms with E-state index in [4.69, 9.17) is 16.7 Å². The first kappa shape index (κ1) is 14.3. The van der Waals surface area contributed by atoms with Gasteiger partial charge in [-0.25, -0.2) is 4.98 Å². The predicted octanol–water partition coefficient (Wildman–Crippen LogP) is 4.32. The lowest BCUT2D eigenvalue weighted by atomic mass is 10.2. The van der Waals surface area contributed by atoms with Crippen LogP contribution in [-0.4, -0.2) is 16.1 Å². The van der Waals surface area contributed by atoms with E-state index in [0.29, 0.717) is 11.4 Å². The summed E-state index contributed by atoms with van der Waals surface area (Å²) in [5.41, 5.74) is 1.64. The lowest BCUT2D eigenvalue weighted by molar-refractivity contribution is -0.136. The Morgan fingerprint density at radius 1 is 1.53 bits per heavy atom. The summed E-state index contributed by atoms with van der Waals surface area (Å²) in [5.74, 6) is -0.817. The van der Waals surface area contributed by atoms with E-state index in [2.05, 4.69) is 26.2 Å². The summed E-state index contributed by atoms with van der Waals surface area (Å²) < 4.78 is 0.849. The average molecular weight is 362 g/mol. The maximum atomic E-state index is 10.5. The Labute approximate surface area is 127 Å². The second kappa shape index (κ2) is 6.36. The molecule has 19 heavy (non-hydrogen) atoms. The van der Waals surface area contributed by atoms with Crippen LogP contribution in [0.2, 0.25) is 5.02 Å². The van der Waals surface area contributed by atoms with Gasteiger partial charge < -0.3 is 10.4 Å². The zero-order valence-corrected chi connectivity index (χ0v) is 12.8. The van der Waals surface area contributed by atoms with E-state index >= 15 is 0 Å². The molecule has 2 aromatic rings. The molecule has 0 radical (unpaired) electrons. The molecule has 0 aliphatic carbocycles. The molecular weight excluding hydrogens is 352 g/mol. The maximum absolute atomic E-state index is 10.5. The summed E-state index contributed by atoms with van der Waals surface area (Å²) in [6.45, 7) is 0. The van der Waals surface area contributed by atoms with E-state index in [9.17, 15) is 4.79 Å². The molecular formula is C12H10BrClN2O2S. The Morgan fingerprint density at radius 2 is 2.32 bits per heavy atom. The number of aromatic nitrogens is 1. The van der Waals surface area contributed by atoms with E-state index in [1.807, 2.05) is 11.4 Å². The number of thiazole rings is 1. The number of nitrogens with zero attached hydrogens (tertiary/aromatic N) is 1. The number of aryl methyl sites for hydroxylation is 1. The minimum absolute atomic E-state index is 0.0911. The van der Waals surface area contributed by atoms with Gasteiger partial charge in [0.2, 0.25) is 0 Å². The minimum atomic E-state index is -0.817. The van der Waals surface area contributed by atoms with Gasteiger partial charge in [0, 0.05) is 21.3 Å². The van der Waals surface area contributed by atoms with Crippen LogP contribution in [0.25, 0.3) is 0 Å². The lowest BCUT2D eigenvalue weighted by Crippen LogP contribution is -1.98. The molecule has 1 aromatic heterocycles. The number of anilines is 2. The molecule has 1 heterocycles. The van der Waals surface area contributed by atoms with Gasteiger partial charge in [0.15, 0.2) is 5.13 Å². The first-order valence-corrected chi connectivity index (χ1v) is 7.48. The van der Waals surface area contributed by atoms with Crippen LogP contribution in [0.5, 0.6) is 0 Å². The molecule has 0 aliphatic rings. The van der Waals surface area contributed by atoms with E-state index in [-0.39, 0.29) is 6.42 Å². The fraction of sp³-hybridized carbons (Fsp3) is 0.167. The summed E-state index contributed by atoms with van der Waals surface area (Å²) in [6.07, 6.45) is 0.531. The second-order valence-corrected chi connectivity index (χ2v) is 5.94. The number of nitrogens with one attached hydrogen (secondary N) is 1. The highest BCUT2D eigenvalue weighted by molar-refractivity contribution is 9.10. The van der Waals surface area contributed by atoms with E-state index < -0.39 is 5.97 Å². The van der Waals surface area contributed by atoms with E-state index in [0.717, 1.165) is 21.0 Å². The summed E-state index contributed by atoms with van der Waals surface area (Å²) >= 11 is 10.7. The third-order valence-electron chi connectivity index (χ3n) is 2.32. The van der Waals surface area contributed by atoms with Crippen molar-refractivity contribution in [3.63, 3.8) is 0 Å². The van der Waals surface area contributed by atoms with Gasteiger partial charge in [0.1, 0.15) is 0 Å². The largest absolute Gasteiger partial charge is 0.481 e. The number of halogens is 2. The van der Waals surface area contributed by atoms with Gasteiger partial charge in [0.25, 0.3) is 0 Å². The van der Waals surface area contributed by atoms with Crippen LogP contribution in [0.15, 0.2) is 28.1 Å². The Balaban J connectivity index is 2.05. The van der Waals surface area contributed by atoms with Gasteiger partial charge in [-0.1, -0.05) is 11.6 Å². The molecule has 0 fully saturated rings. The first-order chi connectivity index (χ1) is 9.04. The molecule has 0 aliphatic heterocycles. The van der Waals surface area contributed by atoms with E-state index in [1.54, 1.807) is 12.1 Å². The highest BCUT2D eigenvalue weighted by Crippen LogP contribution is 2.29. The Kier molecular flexibility index (Phi) is 4.79. The van der Waals surface area contributed by atoms with Gasteiger partial charge >= 0.3 is 5.97 Å². The number of rotatable bonds is 5. The first-order valence-electron chi connectivity index (χ1n) is 5.43. The highest BCUT2D eigenvalue weighted by Gasteiger charge is 2.07. The molecule has 0 saturated carbocycles. The summed E-state index contributed by atoms with van der Waals surface area (Å²) in [6, 6.07) is 5.43. The summed E-state index contributed by atoms with van der Waals surface area (Å²) in [4.78, 5) is 14.8. The quantitative estimate of drug-likeness (QED) is 0.832. The zero-order chi connectivity index (χ0) is 13.8. The van der Waals surface area contributed by atoms with Gasteiger partial charge in [-0.15, -0.1) is 11.3 Å². The van der Waals surface area contributed by atoms with Crippen molar-refractivity contribution in [1.29, 1.82) is 0 Å². The summed E-state index contributed by atoms with van der Waals surface area (Å²) in [5, 5.41) is 15.0. The van der Waals surface area contributed by atoms with Crippen molar-refractivity contribution >= 4 is 55.7 Å². The average Bonchev–Trinajstić information content (AvgIpc) is 2.78. The molecule has 2 rings (SSSR count). The molecule has 100 valence electrons. The third-order valence-corrected chi connectivity index (χ3v) is 4.02. The number of carboxylic acids is 1. The van der Waals surface area contributed by atoms with Crippen LogP contribution >= 0.6 is 38.9 Å². The van der Waals surface area contributed by atoms with Crippen LogP contribution in [0.3, 0.4) is 0 Å². The van der Waals surface area contributed by atoms with Crippen LogP contribution in [0.1, 0.15) is 12.1 Å². The molecule has 0 spiro atoms. The zero-order valence-electron chi connectivity index (χ0n) is 9.69. The van der Waals surface area contributed by atoms with Gasteiger partial charge in [-0.3, -0.25) is 4.79 Å². The molecule has 0 saturated heterocycles. The highest BCUT2D eigenvalue weighted by atomic mass is 79.9. The van der Waals surface area contributed by atoms with Crippen molar-refractivity contribution in [2.45, 2.75) is 12.8 Å². The summed E-state index contributed by atoms with van der Waals surface area (Å²) in [7, 11) is 0. The van der Waals surface area contributed by atoms with Crippen molar-refractivity contribution in [3.05, 3.63) is 38.8 Å². The van der Waals surface area contributed by atoms with Crippen molar-refractivity contribution in [2.24, 2.45) is 0 Å². The standard InChI is InChI=1S/C12H10BrClN2O2S/c13-9-5-7(14)1-3-10(9)16-12-15-8(6-19-12)2-4-11(17)18/h1,3,5-6H,2,4H2,(H,15,16)(H,17,18). The van der Waals surface area contributed by atoms with Crippen molar-refractivity contribution in [2.75, 3.05) is 5.32 Å². The number of aliphatic carboxylic acids is 1. The molecule has 0 bridgehead atoms. The molecule has 7 heteroatoms. The molecule has 0 unspecified atom stereocenters. The number of hydrogen-bond acceptors (Lipinski definition) is 4. The van der Waals surface area contributed by atoms with Crippen LogP contribution in [0.4, 0.5) is 10.8 Å². The van der Waals surface area contributed by atoms with Gasteiger partial charge in [0.05, 0.1) is 17.8 Å². The van der Waals surface area contributed by atoms with Crippen LogP contribution < -0.4 is 5.32 Å². The number of benzene rings is 1. The predicted molar refractivity (Wildman–Crippen MR) is 80.5 cm³/mol. The Morgan fingerprint density at radius 3 is 3.00 bits per heavy atom. The normalized spacial score (nSPS) is 10.4. The lowest BCUT2D eigenvalue weighted by Gasteiger charge is -2.05. The van der Waals surface area contributed by atoms with Crippen molar-refractivity contribution in [1.82, 2.24) is 4.98 Å². The third kappa shape index (κ3) is 4.19. The fourth-order valence-corrected chi connectivity index (χ4v) is 2.96. The fourth-order valence-electron chi connectivity index (χ4n) is 1.42. The number of carboxylic acid groups (broad SMARTS) is 1. The molecule has 2 N–H and O–H groups in total. The number of hydrogen-bond donors (Lipinski definition) is 2. The molecule has 0 atom stereocenters. The van der Waals surface area contributed by atoms with Crippen LogP contribution in [-0.2, 0) is 11.2 Å².